The summed E-state index contributed by atoms with van der Waals surface area (Å²) in [4.78, 5) is 29.7. The van der Waals surface area contributed by atoms with E-state index in [1.807, 2.05) is 34.6 Å². The van der Waals surface area contributed by atoms with Gasteiger partial charge in [0.15, 0.2) is 5.65 Å². The number of likely N-dealkylation sites (tertiary alicyclic amines) is 1. The highest BCUT2D eigenvalue weighted by Gasteiger charge is 2.33. The van der Waals surface area contributed by atoms with E-state index in [4.69, 9.17) is 19.8 Å². The zero-order chi connectivity index (χ0) is 28.1. The summed E-state index contributed by atoms with van der Waals surface area (Å²) in [7, 11) is 1.64. The van der Waals surface area contributed by atoms with E-state index in [1.54, 1.807) is 29.8 Å². The summed E-state index contributed by atoms with van der Waals surface area (Å²) in [6.07, 6.45) is 2.79. The maximum Gasteiger partial charge on any atom is 0.414 e. The minimum absolute atomic E-state index is 0.113. The highest BCUT2D eigenvalue weighted by atomic mass is 32.2. The monoisotopic (exact) mass is 555 g/mol. The van der Waals surface area contributed by atoms with Crippen LogP contribution in [0.3, 0.4) is 0 Å². The molecule has 0 saturated carbocycles. The highest BCUT2D eigenvalue weighted by molar-refractivity contribution is 7.99. The number of rotatable bonds is 7. The molecule has 2 aliphatic heterocycles. The maximum absolute atomic E-state index is 13.3. The number of carbonyl (C=O) groups is 1. The molecule has 1 saturated heterocycles. The van der Waals surface area contributed by atoms with Gasteiger partial charge in [0, 0.05) is 48.2 Å². The van der Waals surface area contributed by atoms with E-state index in [0.29, 0.717) is 36.1 Å². The zero-order valence-corrected chi connectivity index (χ0v) is 24.0. The van der Waals surface area contributed by atoms with E-state index in [0.717, 1.165) is 46.6 Å². The number of pyridine rings is 1. The second kappa shape index (κ2) is 10.4. The second-order valence-corrected chi connectivity index (χ2v) is 12.1. The molecule has 208 valence electrons. The number of alkyl halides is 1. The van der Waals surface area contributed by atoms with E-state index in [1.165, 1.54) is 10.5 Å². The van der Waals surface area contributed by atoms with Crippen molar-refractivity contribution in [1.82, 2.24) is 29.6 Å². The molecule has 5 heterocycles. The van der Waals surface area contributed by atoms with Crippen molar-refractivity contribution in [3.63, 3.8) is 0 Å². The van der Waals surface area contributed by atoms with Crippen LogP contribution in [0.25, 0.3) is 17.1 Å². The minimum atomic E-state index is -1.13. The standard InChI is InChI=1S/C27H34FN7O3S/c1-15-10-29-20(16(2)22(15)38-6)13-34-23-21-19(32-34)9-17(7-8-33-11-18(28)12-33)14-39-24(21)31-25(30-23)35(26(36)37)27(3,4)5/h9-10,18H,7-8,11-14H2,1-6H3,(H,36,37). The van der Waals surface area contributed by atoms with Crippen molar-refractivity contribution in [2.24, 2.45) is 0 Å². The Balaban J connectivity index is 1.60. The molecule has 12 heteroatoms. The Hall–Kier alpha value is -3.25. The lowest BCUT2D eigenvalue weighted by atomic mass is 10.1. The lowest BCUT2D eigenvalue weighted by Crippen LogP contribution is -2.48. The van der Waals surface area contributed by atoms with Crippen LogP contribution in [-0.2, 0) is 6.54 Å². The molecule has 1 fully saturated rings. The maximum atomic E-state index is 13.3. The Kier molecular flexibility index (Phi) is 7.27. The SMILES string of the molecule is COc1c(C)cnc(Cn2nc3c4c(nc(N(C(=O)O)C(C)(C)C)nc42)SCC(CCN2CC(F)C2)=C3)c1C. The van der Waals surface area contributed by atoms with Gasteiger partial charge in [-0.05, 0) is 47.1 Å². The van der Waals surface area contributed by atoms with Crippen LogP contribution in [0.4, 0.5) is 15.1 Å². The zero-order valence-electron chi connectivity index (χ0n) is 23.2. The average Bonchev–Trinajstić information content (AvgIpc) is 3.06. The fourth-order valence-electron chi connectivity index (χ4n) is 5.05. The third kappa shape index (κ3) is 5.31. The lowest BCUT2D eigenvalue weighted by Gasteiger charge is -2.34. The molecule has 3 aromatic rings. The van der Waals surface area contributed by atoms with Crippen LogP contribution in [0.5, 0.6) is 5.75 Å². The number of aromatic nitrogens is 5. The normalized spacial score (nSPS) is 16.1. The number of anilines is 1. The van der Waals surface area contributed by atoms with E-state index < -0.39 is 17.8 Å². The Morgan fingerprint density at radius 2 is 2.03 bits per heavy atom. The molecule has 39 heavy (non-hydrogen) atoms. The van der Waals surface area contributed by atoms with E-state index in [2.05, 4.69) is 16.0 Å². The van der Waals surface area contributed by atoms with Gasteiger partial charge in [-0.25, -0.2) is 23.8 Å². The molecule has 10 nitrogen and oxygen atoms in total. The first-order valence-electron chi connectivity index (χ1n) is 13.0. The van der Waals surface area contributed by atoms with Crippen molar-refractivity contribution in [3.8, 4) is 5.75 Å². The summed E-state index contributed by atoms with van der Waals surface area (Å²) in [5.41, 5.74) is 4.35. The van der Waals surface area contributed by atoms with Gasteiger partial charge in [0.25, 0.3) is 0 Å². The number of hydrogen-bond donors (Lipinski definition) is 1. The molecule has 0 atom stereocenters. The van der Waals surface area contributed by atoms with Gasteiger partial charge in [0.1, 0.15) is 16.9 Å². The fourth-order valence-corrected chi connectivity index (χ4v) is 6.08. The summed E-state index contributed by atoms with van der Waals surface area (Å²) in [6.45, 7) is 11.4. The summed E-state index contributed by atoms with van der Waals surface area (Å²) < 4.78 is 20.7. The van der Waals surface area contributed by atoms with Crippen LogP contribution in [0.1, 0.15) is 49.7 Å². The van der Waals surface area contributed by atoms with Crippen molar-refractivity contribution < 1.29 is 19.0 Å². The molecule has 2 aliphatic rings. The summed E-state index contributed by atoms with van der Waals surface area (Å²) in [5.74, 6) is 1.58. The number of carboxylic acid groups (broad SMARTS) is 1. The lowest BCUT2D eigenvalue weighted by molar-refractivity contribution is 0.0671. The molecule has 0 bridgehead atoms. The smallest absolute Gasteiger partial charge is 0.414 e. The van der Waals surface area contributed by atoms with Crippen molar-refractivity contribution in [2.75, 3.05) is 37.4 Å². The fraction of sp³-hybridized carbons (Fsp3) is 0.519. The van der Waals surface area contributed by atoms with Crippen LogP contribution in [0, 0.1) is 13.8 Å². The van der Waals surface area contributed by atoms with E-state index in [9.17, 15) is 14.3 Å². The predicted octanol–water partition coefficient (Wildman–Crippen LogP) is 4.71. The molecule has 0 aromatic carbocycles. The van der Waals surface area contributed by atoms with Gasteiger partial charge < -0.3 is 9.84 Å². The van der Waals surface area contributed by atoms with Crippen LogP contribution in [0.15, 0.2) is 16.8 Å². The Bertz CT molecular complexity index is 1460. The number of amides is 1. The van der Waals surface area contributed by atoms with Gasteiger partial charge >= 0.3 is 6.09 Å². The quantitative estimate of drug-likeness (QED) is 0.415. The van der Waals surface area contributed by atoms with Crippen LogP contribution >= 0.6 is 11.8 Å². The molecule has 0 unspecified atom stereocenters. The third-order valence-corrected chi connectivity index (χ3v) is 8.17. The first-order valence-corrected chi connectivity index (χ1v) is 13.9. The summed E-state index contributed by atoms with van der Waals surface area (Å²) in [6, 6.07) is 0. The first-order chi connectivity index (χ1) is 18.5. The molecule has 0 radical (unpaired) electrons. The molecule has 3 aromatic heterocycles. The van der Waals surface area contributed by atoms with Gasteiger partial charge in [-0.1, -0.05) is 5.57 Å². The molecular weight excluding hydrogens is 521 g/mol. The second-order valence-electron chi connectivity index (χ2n) is 11.1. The minimum Gasteiger partial charge on any atom is -0.496 e. The number of thioether (sulfide) groups is 1. The summed E-state index contributed by atoms with van der Waals surface area (Å²) in [5, 5.41) is 16.5. The number of hydrogen-bond acceptors (Lipinski definition) is 8. The number of halogens is 1. The Morgan fingerprint density at radius 3 is 2.67 bits per heavy atom. The highest BCUT2D eigenvalue weighted by Crippen LogP contribution is 2.37. The van der Waals surface area contributed by atoms with Gasteiger partial charge in [0.2, 0.25) is 5.95 Å². The van der Waals surface area contributed by atoms with Crippen LogP contribution < -0.4 is 9.64 Å². The molecular formula is C27H34FN7O3S. The predicted molar refractivity (Wildman–Crippen MR) is 150 cm³/mol. The Morgan fingerprint density at radius 1 is 1.28 bits per heavy atom. The topological polar surface area (TPSA) is 110 Å². The average molecular weight is 556 g/mol. The van der Waals surface area contributed by atoms with Gasteiger partial charge in [-0.3, -0.25) is 9.88 Å². The largest absolute Gasteiger partial charge is 0.496 e. The van der Waals surface area contributed by atoms with Gasteiger partial charge in [-0.2, -0.15) is 10.1 Å². The van der Waals surface area contributed by atoms with Crippen LogP contribution in [0.2, 0.25) is 0 Å². The van der Waals surface area contributed by atoms with Crippen LogP contribution in [-0.4, -0.2) is 85.0 Å². The number of aryl methyl sites for hydroxylation is 1. The van der Waals surface area contributed by atoms with Crippen molar-refractivity contribution >= 4 is 40.9 Å². The van der Waals surface area contributed by atoms with Crippen molar-refractivity contribution in [2.45, 2.75) is 64.3 Å². The van der Waals surface area contributed by atoms with Crippen molar-refractivity contribution in [3.05, 3.63) is 34.3 Å². The molecule has 0 spiro atoms. The third-order valence-electron chi connectivity index (χ3n) is 7.08. The number of methoxy groups -OCH3 is 1. The molecule has 1 N–H and O–H groups in total. The Labute approximate surface area is 231 Å². The van der Waals surface area contributed by atoms with Crippen molar-refractivity contribution in [1.29, 1.82) is 0 Å². The number of ether oxygens (including phenoxy) is 1. The molecule has 0 aliphatic carbocycles. The molecule has 1 amide bonds. The van der Waals surface area contributed by atoms with E-state index in [-0.39, 0.29) is 5.95 Å². The number of nitrogens with zero attached hydrogens (tertiary/aromatic N) is 7. The molecule has 5 rings (SSSR count). The summed E-state index contributed by atoms with van der Waals surface area (Å²) >= 11 is 1.55. The first kappa shape index (κ1) is 27.3. The van der Waals surface area contributed by atoms with Gasteiger partial charge in [0.05, 0.1) is 30.4 Å². The van der Waals surface area contributed by atoms with Gasteiger partial charge in [-0.15, -0.1) is 11.8 Å². The van der Waals surface area contributed by atoms with E-state index >= 15 is 0 Å².